The maximum atomic E-state index is 11.4. The molecular weight excluding hydrogens is 366 g/mol. The van der Waals surface area contributed by atoms with Crippen LogP contribution in [0.1, 0.15) is 40.5 Å². The predicted molar refractivity (Wildman–Crippen MR) is 115 cm³/mol. The molecule has 4 nitrogen and oxygen atoms in total. The van der Waals surface area contributed by atoms with Crippen LogP contribution in [0.3, 0.4) is 0 Å². The van der Waals surface area contributed by atoms with E-state index in [1.165, 1.54) is 17.3 Å². The summed E-state index contributed by atoms with van der Waals surface area (Å²) in [5.41, 5.74) is 6.00. The van der Waals surface area contributed by atoms with Gasteiger partial charge >= 0.3 is 5.97 Å². The van der Waals surface area contributed by atoms with Crippen LogP contribution in [0.4, 0.5) is 0 Å². The van der Waals surface area contributed by atoms with Crippen molar-refractivity contribution < 1.29 is 14.0 Å². The minimum absolute atomic E-state index is 0.104. The summed E-state index contributed by atoms with van der Waals surface area (Å²) in [6.07, 6.45) is 1.31. The first-order valence-electron chi connectivity index (χ1n) is 9.90. The molecule has 2 aromatic rings. The number of hydrogen-bond donors (Lipinski definition) is 1. The fourth-order valence-electron chi connectivity index (χ4n) is 4.18. The minimum Gasteiger partial charge on any atom is -0.461 e. The molecule has 5 heteroatoms. The monoisotopic (exact) mass is 397 g/mol. The van der Waals surface area contributed by atoms with E-state index in [1.807, 2.05) is 12.1 Å². The predicted octanol–water partition coefficient (Wildman–Crippen LogP) is 2.99. The molecule has 2 aromatic carbocycles. The van der Waals surface area contributed by atoms with Crippen molar-refractivity contribution in [1.82, 2.24) is 0 Å². The molecule has 1 saturated carbocycles. The van der Waals surface area contributed by atoms with E-state index in [9.17, 15) is 4.79 Å². The highest BCUT2D eigenvalue weighted by atomic mass is 28.4. The zero-order valence-electron chi connectivity index (χ0n) is 17.3. The first-order chi connectivity index (χ1) is 13.2. The molecule has 2 atom stereocenters. The SMILES string of the molecule is CC(=O)O[C@H]1CC[C@]1(N)CO[Si](c1ccccc1)(c1ccccc1)C(C)(C)C. The van der Waals surface area contributed by atoms with Gasteiger partial charge in [0.2, 0.25) is 0 Å². The molecule has 150 valence electrons. The molecule has 0 amide bonds. The Kier molecular flexibility index (Phi) is 5.80. The van der Waals surface area contributed by atoms with Crippen molar-refractivity contribution in [2.24, 2.45) is 5.73 Å². The van der Waals surface area contributed by atoms with Gasteiger partial charge in [-0.25, -0.2) is 0 Å². The Morgan fingerprint density at radius 1 is 1.07 bits per heavy atom. The van der Waals surface area contributed by atoms with Crippen LogP contribution in [0, 0.1) is 0 Å². The number of carbonyl (C=O) groups excluding carboxylic acids is 1. The number of esters is 1. The van der Waals surface area contributed by atoms with Crippen LogP contribution in [0.25, 0.3) is 0 Å². The molecule has 1 aliphatic rings. The van der Waals surface area contributed by atoms with E-state index in [0.29, 0.717) is 6.61 Å². The van der Waals surface area contributed by atoms with Gasteiger partial charge in [0.25, 0.3) is 8.32 Å². The lowest BCUT2D eigenvalue weighted by atomic mass is 9.75. The molecule has 0 heterocycles. The summed E-state index contributed by atoms with van der Waals surface area (Å²) in [6.45, 7) is 8.53. The molecule has 0 spiro atoms. The van der Waals surface area contributed by atoms with E-state index in [4.69, 9.17) is 14.9 Å². The number of carbonyl (C=O) groups is 1. The average molecular weight is 398 g/mol. The van der Waals surface area contributed by atoms with E-state index in [2.05, 4.69) is 69.3 Å². The molecule has 0 unspecified atom stereocenters. The Balaban J connectivity index is 2.01. The van der Waals surface area contributed by atoms with Crippen molar-refractivity contribution >= 4 is 24.7 Å². The zero-order valence-corrected chi connectivity index (χ0v) is 18.3. The summed E-state index contributed by atoms with van der Waals surface area (Å²) >= 11 is 0. The van der Waals surface area contributed by atoms with Crippen molar-refractivity contribution in [2.75, 3.05) is 6.61 Å². The molecule has 2 N–H and O–H groups in total. The lowest BCUT2D eigenvalue weighted by molar-refractivity contribution is -0.159. The van der Waals surface area contributed by atoms with Gasteiger partial charge in [-0.05, 0) is 28.3 Å². The molecule has 0 aliphatic heterocycles. The largest absolute Gasteiger partial charge is 0.461 e. The van der Waals surface area contributed by atoms with Crippen molar-refractivity contribution in [3.05, 3.63) is 60.7 Å². The van der Waals surface area contributed by atoms with Gasteiger partial charge in [0.1, 0.15) is 6.10 Å². The van der Waals surface area contributed by atoms with E-state index < -0.39 is 13.9 Å². The van der Waals surface area contributed by atoms with Gasteiger partial charge in [-0.3, -0.25) is 4.79 Å². The fourth-order valence-corrected chi connectivity index (χ4v) is 8.82. The summed E-state index contributed by atoms with van der Waals surface area (Å²) in [5.74, 6) is -0.287. The van der Waals surface area contributed by atoms with Crippen molar-refractivity contribution in [3.8, 4) is 0 Å². The number of benzene rings is 2. The summed E-state index contributed by atoms with van der Waals surface area (Å²) in [7, 11) is -2.63. The standard InChI is InChI=1S/C23H31NO3Si/c1-18(25)27-21-15-16-23(21,24)17-26-28(22(2,3)4,19-11-7-5-8-12-19)20-13-9-6-10-14-20/h5-14,21H,15-17,24H2,1-4H3/t21-,23-/m0/s1. The van der Waals surface area contributed by atoms with Gasteiger partial charge < -0.3 is 14.9 Å². The Bertz CT molecular complexity index is 764. The third kappa shape index (κ3) is 3.79. The van der Waals surface area contributed by atoms with E-state index in [-0.39, 0.29) is 17.1 Å². The normalized spacial score (nSPS) is 22.4. The van der Waals surface area contributed by atoms with Gasteiger partial charge in [0.15, 0.2) is 0 Å². The van der Waals surface area contributed by atoms with Gasteiger partial charge in [0, 0.05) is 6.92 Å². The second kappa shape index (κ2) is 7.82. The van der Waals surface area contributed by atoms with Crippen LogP contribution in [-0.2, 0) is 14.0 Å². The minimum atomic E-state index is -2.63. The van der Waals surface area contributed by atoms with Gasteiger partial charge in [-0.2, -0.15) is 0 Å². The lowest BCUT2D eigenvalue weighted by Gasteiger charge is -2.49. The molecule has 3 rings (SSSR count). The van der Waals surface area contributed by atoms with Crippen LogP contribution in [-0.4, -0.2) is 32.5 Å². The molecule has 1 aliphatic carbocycles. The lowest BCUT2D eigenvalue weighted by Crippen LogP contribution is -2.71. The summed E-state index contributed by atoms with van der Waals surface area (Å²) < 4.78 is 12.3. The number of rotatable bonds is 6. The summed E-state index contributed by atoms with van der Waals surface area (Å²) in [4.78, 5) is 11.4. The molecule has 0 radical (unpaired) electrons. The molecular formula is C23H31NO3Si. The van der Waals surface area contributed by atoms with Crippen LogP contribution >= 0.6 is 0 Å². The Morgan fingerprint density at radius 2 is 1.57 bits per heavy atom. The first kappa shape index (κ1) is 20.8. The highest BCUT2D eigenvalue weighted by molar-refractivity contribution is 6.99. The second-order valence-corrected chi connectivity index (χ2v) is 13.1. The molecule has 0 aromatic heterocycles. The Labute approximate surface area is 169 Å². The smallest absolute Gasteiger partial charge is 0.302 e. The van der Waals surface area contributed by atoms with Crippen LogP contribution in [0.15, 0.2) is 60.7 Å². The molecule has 0 saturated heterocycles. The van der Waals surface area contributed by atoms with E-state index >= 15 is 0 Å². The topological polar surface area (TPSA) is 61.5 Å². The fraction of sp³-hybridized carbons (Fsp3) is 0.435. The van der Waals surface area contributed by atoms with Gasteiger partial charge in [-0.15, -0.1) is 0 Å². The quantitative estimate of drug-likeness (QED) is 0.601. The number of ether oxygens (including phenoxy) is 1. The summed E-state index contributed by atoms with van der Waals surface area (Å²) in [6, 6.07) is 21.0. The Morgan fingerprint density at radius 3 is 1.93 bits per heavy atom. The van der Waals surface area contributed by atoms with Crippen molar-refractivity contribution in [3.63, 3.8) is 0 Å². The third-order valence-electron chi connectivity index (χ3n) is 5.80. The average Bonchev–Trinajstić information content (AvgIpc) is 2.66. The van der Waals surface area contributed by atoms with Crippen molar-refractivity contribution in [2.45, 2.75) is 57.2 Å². The highest BCUT2D eigenvalue weighted by Gasteiger charge is 2.53. The Hall–Kier alpha value is -1.95. The maximum absolute atomic E-state index is 11.4. The number of hydrogen-bond acceptors (Lipinski definition) is 4. The van der Waals surface area contributed by atoms with Crippen molar-refractivity contribution in [1.29, 1.82) is 0 Å². The van der Waals surface area contributed by atoms with Crippen LogP contribution in [0.2, 0.25) is 5.04 Å². The van der Waals surface area contributed by atoms with Gasteiger partial charge in [-0.1, -0.05) is 81.4 Å². The van der Waals surface area contributed by atoms with Gasteiger partial charge in [0.05, 0.1) is 12.1 Å². The van der Waals surface area contributed by atoms with Crippen LogP contribution in [0.5, 0.6) is 0 Å². The van der Waals surface area contributed by atoms with Crippen LogP contribution < -0.4 is 16.1 Å². The number of nitrogens with two attached hydrogens (primary N) is 1. The highest BCUT2D eigenvalue weighted by Crippen LogP contribution is 2.39. The molecule has 1 fully saturated rings. The first-order valence-corrected chi connectivity index (χ1v) is 11.8. The third-order valence-corrected chi connectivity index (χ3v) is 10.8. The van der Waals surface area contributed by atoms with E-state index in [0.717, 1.165) is 12.8 Å². The summed E-state index contributed by atoms with van der Waals surface area (Å²) in [5, 5.41) is 2.34. The van der Waals surface area contributed by atoms with E-state index in [1.54, 1.807) is 0 Å². The second-order valence-electron chi connectivity index (χ2n) is 8.82. The zero-order chi connectivity index (χ0) is 20.4. The molecule has 28 heavy (non-hydrogen) atoms. The maximum Gasteiger partial charge on any atom is 0.302 e. The molecule has 0 bridgehead atoms.